The molecule has 2 aliphatic heterocycles. The van der Waals surface area contributed by atoms with Gasteiger partial charge >= 0.3 is 6.09 Å². The van der Waals surface area contributed by atoms with Crippen LogP contribution in [0.25, 0.3) is 0 Å². The van der Waals surface area contributed by atoms with Gasteiger partial charge in [-0.3, -0.25) is 25.0 Å². The highest BCUT2D eigenvalue weighted by Gasteiger charge is 2.40. The maximum Gasteiger partial charge on any atom is 0.411 e. The second-order valence-corrected chi connectivity index (χ2v) is 9.18. The molecule has 2 fully saturated rings. The van der Waals surface area contributed by atoms with Crippen LogP contribution in [0.1, 0.15) is 65.1 Å². The first kappa shape index (κ1) is 22.9. The van der Waals surface area contributed by atoms with Gasteiger partial charge in [0, 0.05) is 23.2 Å². The molecule has 1 atom stereocenters. The third kappa shape index (κ3) is 4.58. The summed E-state index contributed by atoms with van der Waals surface area (Å²) in [6, 6.07) is 10.5. The minimum Gasteiger partial charge on any atom is -0.496 e. The topological polar surface area (TPSA) is 114 Å². The van der Waals surface area contributed by atoms with Crippen molar-refractivity contribution in [1.29, 1.82) is 0 Å². The molecule has 2 N–H and O–H groups in total. The van der Waals surface area contributed by atoms with E-state index in [0.717, 1.165) is 0 Å². The molecule has 182 valence electrons. The van der Waals surface area contributed by atoms with Gasteiger partial charge in [-0.15, -0.1) is 0 Å². The number of hydrogen-bond acceptors (Lipinski definition) is 6. The van der Waals surface area contributed by atoms with Gasteiger partial charge in [-0.2, -0.15) is 0 Å². The number of amides is 4. The predicted octanol–water partition coefficient (Wildman–Crippen LogP) is 3.47. The lowest BCUT2D eigenvalue weighted by Crippen LogP contribution is -2.52. The zero-order chi connectivity index (χ0) is 24.5. The highest BCUT2D eigenvalue weighted by molar-refractivity contribution is 6.05. The van der Waals surface area contributed by atoms with Crippen molar-refractivity contribution in [1.82, 2.24) is 10.2 Å². The zero-order valence-electron chi connectivity index (χ0n) is 19.5. The van der Waals surface area contributed by atoms with Gasteiger partial charge in [0.25, 0.3) is 5.91 Å². The number of rotatable bonds is 6. The van der Waals surface area contributed by atoms with Crippen LogP contribution in [0, 0.1) is 0 Å². The van der Waals surface area contributed by atoms with Crippen molar-refractivity contribution in [2.45, 2.75) is 57.2 Å². The maximum atomic E-state index is 13.1. The lowest BCUT2D eigenvalue weighted by Gasteiger charge is -2.29. The summed E-state index contributed by atoms with van der Waals surface area (Å²) in [6.45, 7) is 0.156. The van der Waals surface area contributed by atoms with Crippen LogP contribution in [-0.4, -0.2) is 41.9 Å². The average molecular weight is 478 g/mol. The molecule has 0 radical (unpaired) electrons. The van der Waals surface area contributed by atoms with E-state index < -0.39 is 18.0 Å². The monoisotopic (exact) mass is 477 g/mol. The van der Waals surface area contributed by atoms with E-state index in [0.29, 0.717) is 34.0 Å². The van der Waals surface area contributed by atoms with Crippen molar-refractivity contribution in [3.05, 3.63) is 58.7 Å². The number of ether oxygens (including phenoxy) is 2. The molecule has 2 heterocycles. The van der Waals surface area contributed by atoms with Crippen molar-refractivity contribution in [3.63, 3.8) is 0 Å². The quantitative estimate of drug-likeness (QED) is 0.616. The van der Waals surface area contributed by atoms with Gasteiger partial charge < -0.3 is 14.4 Å². The second-order valence-electron chi connectivity index (χ2n) is 9.18. The van der Waals surface area contributed by atoms with Crippen LogP contribution >= 0.6 is 0 Å². The number of nitrogens with zero attached hydrogens (tertiary/aromatic N) is 1. The molecule has 1 saturated carbocycles. The Morgan fingerprint density at radius 1 is 1.11 bits per heavy atom. The number of carbonyl (C=O) groups is 4. The summed E-state index contributed by atoms with van der Waals surface area (Å²) >= 11 is 0. The van der Waals surface area contributed by atoms with Crippen LogP contribution in [0.2, 0.25) is 0 Å². The SMILES string of the molecule is COc1cc(COC(=O)Nc2ccc(C3CCC3)cc2)cc2c1CN(C1CCC(=O)NC1=O)C2=O. The summed E-state index contributed by atoms with van der Waals surface area (Å²) < 4.78 is 10.9. The molecule has 2 aromatic carbocycles. The van der Waals surface area contributed by atoms with Gasteiger partial charge in [0.15, 0.2) is 0 Å². The standard InChI is InChI=1S/C26H27N3O6/c1-34-22-12-15(14-35-26(33)27-18-7-5-17(6-8-18)16-3-2-4-16)11-19-20(22)13-29(25(19)32)21-9-10-23(30)28-24(21)31/h5-8,11-12,16,21H,2-4,9-10,13-14H2,1H3,(H,27,33)(H,28,30,31). The van der Waals surface area contributed by atoms with Crippen molar-refractivity contribution in [3.8, 4) is 5.75 Å². The number of carbonyl (C=O) groups excluding carboxylic acids is 4. The Labute approximate surface area is 202 Å². The second kappa shape index (κ2) is 9.40. The third-order valence-corrected chi connectivity index (χ3v) is 7.00. The van der Waals surface area contributed by atoms with E-state index >= 15 is 0 Å². The van der Waals surface area contributed by atoms with E-state index in [9.17, 15) is 19.2 Å². The van der Waals surface area contributed by atoms with Crippen molar-refractivity contribution >= 4 is 29.5 Å². The number of methoxy groups -OCH3 is 1. The highest BCUT2D eigenvalue weighted by atomic mass is 16.5. The van der Waals surface area contributed by atoms with E-state index in [4.69, 9.17) is 9.47 Å². The normalized spacial score (nSPS) is 19.6. The number of anilines is 1. The van der Waals surface area contributed by atoms with Gasteiger partial charge in [0.1, 0.15) is 18.4 Å². The Morgan fingerprint density at radius 3 is 2.54 bits per heavy atom. The highest BCUT2D eigenvalue weighted by Crippen LogP contribution is 2.37. The molecular formula is C26H27N3O6. The minimum absolute atomic E-state index is 0.0542. The summed E-state index contributed by atoms with van der Waals surface area (Å²) in [6.07, 6.45) is 3.57. The molecule has 35 heavy (non-hydrogen) atoms. The number of piperidine rings is 1. The van der Waals surface area contributed by atoms with Crippen LogP contribution in [0.5, 0.6) is 5.75 Å². The Balaban J connectivity index is 1.23. The summed E-state index contributed by atoms with van der Waals surface area (Å²) in [5, 5.41) is 5.02. The van der Waals surface area contributed by atoms with Crippen LogP contribution in [0.3, 0.4) is 0 Å². The molecule has 5 rings (SSSR count). The maximum absolute atomic E-state index is 13.1. The fourth-order valence-corrected chi connectivity index (χ4v) is 4.83. The first-order valence-corrected chi connectivity index (χ1v) is 11.8. The smallest absolute Gasteiger partial charge is 0.411 e. The lowest BCUT2D eigenvalue weighted by atomic mass is 9.80. The molecule has 0 spiro atoms. The summed E-state index contributed by atoms with van der Waals surface area (Å²) in [5.41, 5.74) is 3.60. The van der Waals surface area contributed by atoms with Gasteiger partial charge in [-0.25, -0.2) is 4.79 Å². The van der Waals surface area contributed by atoms with E-state index in [1.54, 1.807) is 12.1 Å². The summed E-state index contributed by atoms with van der Waals surface area (Å²) in [4.78, 5) is 50.7. The van der Waals surface area contributed by atoms with Crippen molar-refractivity contribution in [2.24, 2.45) is 0 Å². The largest absolute Gasteiger partial charge is 0.496 e. The van der Waals surface area contributed by atoms with Crippen molar-refractivity contribution in [2.75, 3.05) is 12.4 Å². The molecule has 9 nitrogen and oxygen atoms in total. The van der Waals surface area contributed by atoms with Crippen LogP contribution in [0.4, 0.5) is 10.5 Å². The van der Waals surface area contributed by atoms with Crippen LogP contribution in [-0.2, 0) is 27.5 Å². The Hall–Kier alpha value is -3.88. The Bertz CT molecular complexity index is 1190. The molecule has 4 amide bonds. The Morgan fingerprint density at radius 2 is 1.89 bits per heavy atom. The van der Waals surface area contributed by atoms with Gasteiger partial charge in [-0.05, 0) is 60.6 Å². The molecule has 0 aromatic heterocycles. The first-order valence-electron chi connectivity index (χ1n) is 11.8. The van der Waals surface area contributed by atoms with Gasteiger partial charge in [0.05, 0.1) is 13.7 Å². The number of hydrogen-bond donors (Lipinski definition) is 2. The van der Waals surface area contributed by atoms with Crippen LogP contribution < -0.4 is 15.4 Å². The number of benzene rings is 2. The molecule has 1 unspecified atom stereocenters. The van der Waals surface area contributed by atoms with Crippen LogP contribution in [0.15, 0.2) is 36.4 Å². The zero-order valence-corrected chi connectivity index (χ0v) is 19.5. The number of imide groups is 1. The van der Waals surface area contributed by atoms with E-state index in [1.165, 1.54) is 36.8 Å². The number of nitrogens with one attached hydrogen (secondary N) is 2. The molecule has 3 aliphatic rings. The number of fused-ring (bicyclic) bond motifs is 1. The van der Waals surface area contributed by atoms with E-state index in [1.807, 2.05) is 24.3 Å². The van der Waals surface area contributed by atoms with Crippen molar-refractivity contribution < 1.29 is 28.7 Å². The lowest BCUT2D eigenvalue weighted by molar-refractivity contribution is -0.136. The molecule has 1 aliphatic carbocycles. The minimum atomic E-state index is -0.710. The predicted molar refractivity (Wildman–Crippen MR) is 126 cm³/mol. The Kier molecular flexibility index (Phi) is 6.15. The first-order chi connectivity index (χ1) is 16.9. The summed E-state index contributed by atoms with van der Waals surface area (Å²) in [5.74, 6) is -0.0105. The molecule has 0 bridgehead atoms. The van der Waals surface area contributed by atoms with Gasteiger partial charge in [0.2, 0.25) is 11.8 Å². The molecule has 2 aromatic rings. The molecule has 9 heteroatoms. The molecular weight excluding hydrogens is 450 g/mol. The van der Waals surface area contributed by atoms with E-state index in [-0.39, 0.29) is 37.8 Å². The van der Waals surface area contributed by atoms with Gasteiger partial charge in [-0.1, -0.05) is 18.6 Å². The summed E-state index contributed by atoms with van der Waals surface area (Å²) in [7, 11) is 1.50. The van der Waals surface area contributed by atoms with E-state index in [2.05, 4.69) is 10.6 Å². The fraction of sp³-hybridized carbons (Fsp3) is 0.385. The molecule has 1 saturated heterocycles. The fourth-order valence-electron chi connectivity index (χ4n) is 4.83. The third-order valence-electron chi connectivity index (χ3n) is 7.00. The average Bonchev–Trinajstić information content (AvgIpc) is 3.13.